The van der Waals surface area contributed by atoms with Gasteiger partial charge in [0.15, 0.2) is 0 Å². The first-order valence-electron chi connectivity index (χ1n) is 3.96. The normalized spacial score (nSPS) is 20.4. The summed E-state index contributed by atoms with van der Waals surface area (Å²) in [5, 5.41) is 11.5. The molecular weight excluding hydrogens is 156 g/mol. The summed E-state index contributed by atoms with van der Waals surface area (Å²) < 4.78 is 0.469. The van der Waals surface area contributed by atoms with Gasteiger partial charge in [-0.2, -0.15) is 17.0 Å². The Morgan fingerprint density at radius 3 is 2.73 bits per heavy atom. The molecule has 0 aliphatic heterocycles. The zero-order valence-corrected chi connectivity index (χ0v) is 7.71. The molecule has 2 nitrogen and oxygen atoms in total. The summed E-state index contributed by atoms with van der Waals surface area (Å²) in [6.07, 6.45) is 6.14. The van der Waals surface area contributed by atoms with Crippen LogP contribution in [-0.2, 0) is 0 Å². The highest BCUT2D eigenvalue weighted by molar-refractivity contribution is 8.00. The third kappa shape index (κ3) is 2.11. The van der Waals surface area contributed by atoms with E-state index in [9.17, 15) is 0 Å². The summed E-state index contributed by atoms with van der Waals surface area (Å²) in [6.45, 7) is 1.49. The van der Waals surface area contributed by atoms with E-state index in [1.54, 1.807) is 0 Å². The number of nitrogens with zero attached hydrogens (tertiary/aromatic N) is 1. The summed E-state index contributed by atoms with van der Waals surface area (Å²) in [7, 11) is 0. The highest BCUT2D eigenvalue weighted by Gasteiger charge is 2.35. The number of hydrogen-bond donors (Lipinski definition) is 1. The van der Waals surface area contributed by atoms with Crippen LogP contribution in [0.1, 0.15) is 19.3 Å². The lowest BCUT2D eigenvalue weighted by molar-refractivity contribution is 0.351. The van der Waals surface area contributed by atoms with Gasteiger partial charge < -0.3 is 5.32 Å². The van der Waals surface area contributed by atoms with Gasteiger partial charge in [-0.3, -0.25) is 0 Å². The van der Waals surface area contributed by atoms with Gasteiger partial charge in [-0.25, -0.2) is 0 Å². The van der Waals surface area contributed by atoms with Crippen LogP contribution in [0.4, 0.5) is 0 Å². The SMILES string of the molecule is CSC1(CNCC#N)CCC1. The molecule has 0 aromatic carbocycles. The minimum atomic E-state index is 0.469. The summed E-state index contributed by atoms with van der Waals surface area (Å²) in [6, 6.07) is 2.09. The molecule has 0 amide bonds. The lowest BCUT2D eigenvalue weighted by Gasteiger charge is -2.40. The van der Waals surface area contributed by atoms with Gasteiger partial charge in [-0.1, -0.05) is 6.42 Å². The molecule has 0 radical (unpaired) electrons. The minimum absolute atomic E-state index is 0.469. The molecule has 0 heterocycles. The van der Waals surface area contributed by atoms with Crippen molar-refractivity contribution in [2.75, 3.05) is 19.3 Å². The van der Waals surface area contributed by atoms with Crippen molar-refractivity contribution in [3.05, 3.63) is 0 Å². The quantitative estimate of drug-likeness (QED) is 0.511. The van der Waals surface area contributed by atoms with Gasteiger partial charge in [0.05, 0.1) is 12.6 Å². The molecule has 1 rings (SSSR count). The van der Waals surface area contributed by atoms with Crippen molar-refractivity contribution in [3.8, 4) is 6.07 Å². The van der Waals surface area contributed by atoms with Crippen molar-refractivity contribution >= 4 is 11.8 Å². The van der Waals surface area contributed by atoms with E-state index >= 15 is 0 Å². The molecule has 1 saturated carbocycles. The van der Waals surface area contributed by atoms with E-state index in [0.717, 1.165) is 6.54 Å². The number of hydrogen-bond acceptors (Lipinski definition) is 3. The van der Waals surface area contributed by atoms with Crippen LogP contribution in [0.25, 0.3) is 0 Å². The van der Waals surface area contributed by atoms with Crippen molar-refractivity contribution in [1.82, 2.24) is 5.32 Å². The Bertz CT molecular complexity index is 152. The van der Waals surface area contributed by atoms with Crippen molar-refractivity contribution in [2.45, 2.75) is 24.0 Å². The van der Waals surface area contributed by atoms with Crippen LogP contribution < -0.4 is 5.32 Å². The Morgan fingerprint density at radius 2 is 2.36 bits per heavy atom. The number of nitriles is 1. The molecule has 0 aromatic heterocycles. The molecule has 1 N–H and O–H groups in total. The first-order chi connectivity index (χ1) is 5.33. The lowest BCUT2D eigenvalue weighted by atomic mass is 9.84. The third-order valence-electron chi connectivity index (χ3n) is 2.35. The molecule has 0 spiro atoms. The fourth-order valence-electron chi connectivity index (χ4n) is 1.37. The Morgan fingerprint density at radius 1 is 1.64 bits per heavy atom. The first-order valence-corrected chi connectivity index (χ1v) is 5.18. The third-order valence-corrected chi connectivity index (χ3v) is 3.77. The molecule has 0 saturated heterocycles. The van der Waals surface area contributed by atoms with Crippen LogP contribution in [0, 0.1) is 11.3 Å². The van der Waals surface area contributed by atoms with Crippen molar-refractivity contribution < 1.29 is 0 Å². The first kappa shape index (κ1) is 8.89. The van der Waals surface area contributed by atoms with Crippen LogP contribution in [0.3, 0.4) is 0 Å². The Kier molecular flexibility index (Phi) is 3.22. The van der Waals surface area contributed by atoms with Gasteiger partial charge in [-0.05, 0) is 19.1 Å². The van der Waals surface area contributed by atoms with Crippen molar-refractivity contribution in [1.29, 1.82) is 5.26 Å². The van der Waals surface area contributed by atoms with Gasteiger partial charge in [0, 0.05) is 11.3 Å². The second-order valence-corrected chi connectivity index (χ2v) is 4.28. The molecule has 1 fully saturated rings. The second-order valence-electron chi connectivity index (χ2n) is 3.00. The average molecular weight is 170 g/mol. The summed E-state index contributed by atoms with van der Waals surface area (Å²) in [5.41, 5.74) is 0. The topological polar surface area (TPSA) is 35.8 Å². The van der Waals surface area contributed by atoms with E-state index in [1.807, 2.05) is 11.8 Å². The van der Waals surface area contributed by atoms with E-state index < -0.39 is 0 Å². The Labute approximate surface area is 72.4 Å². The highest BCUT2D eigenvalue weighted by Crippen LogP contribution is 2.41. The lowest BCUT2D eigenvalue weighted by Crippen LogP contribution is -2.43. The Balaban J connectivity index is 2.17. The van der Waals surface area contributed by atoms with Gasteiger partial charge in [0.1, 0.15) is 0 Å². The molecule has 1 aliphatic rings. The maximum absolute atomic E-state index is 8.31. The molecule has 0 atom stereocenters. The zero-order valence-electron chi connectivity index (χ0n) is 6.89. The monoisotopic (exact) mass is 170 g/mol. The molecular formula is C8H14N2S. The second kappa shape index (κ2) is 3.99. The van der Waals surface area contributed by atoms with E-state index in [4.69, 9.17) is 5.26 Å². The summed E-state index contributed by atoms with van der Waals surface area (Å²) in [5.74, 6) is 0. The fraction of sp³-hybridized carbons (Fsp3) is 0.875. The number of rotatable bonds is 4. The molecule has 0 bridgehead atoms. The van der Waals surface area contributed by atoms with E-state index in [1.165, 1.54) is 19.3 Å². The van der Waals surface area contributed by atoms with E-state index in [2.05, 4.69) is 17.6 Å². The largest absolute Gasteiger partial charge is 0.303 e. The minimum Gasteiger partial charge on any atom is -0.303 e. The molecule has 11 heavy (non-hydrogen) atoms. The van der Waals surface area contributed by atoms with Gasteiger partial charge in [-0.15, -0.1) is 0 Å². The molecule has 1 aliphatic carbocycles. The number of thioether (sulfide) groups is 1. The zero-order chi connectivity index (χ0) is 8.16. The van der Waals surface area contributed by atoms with Crippen LogP contribution >= 0.6 is 11.8 Å². The maximum Gasteiger partial charge on any atom is 0.0841 e. The fourth-order valence-corrected chi connectivity index (χ4v) is 2.31. The van der Waals surface area contributed by atoms with Crippen LogP contribution in [-0.4, -0.2) is 24.1 Å². The average Bonchev–Trinajstić information content (AvgIpc) is 1.95. The van der Waals surface area contributed by atoms with Crippen LogP contribution in [0.15, 0.2) is 0 Å². The van der Waals surface area contributed by atoms with Crippen molar-refractivity contribution in [3.63, 3.8) is 0 Å². The van der Waals surface area contributed by atoms with Crippen molar-refractivity contribution in [2.24, 2.45) is 0 Å². The van der Waals surface area contributed by atoms with Crippen LogP contribution in [0.2, 0.25) is 0 Å². The molecule has 62 valence electrons. The van der Waals surface area contributed by atoms with Crippen LogP contribution in [0.5, 0.6) is 0 Å². The van der Waals surface area contributed by atoms with E-state index in [-0.39, 0.29) is 0 Å². The molecule has 0 unspecified atom stereocenters. The summed E-state index contributed by atoms with van der Waals surface area (Å²) >= 11 is 1.94. The van der Waals surface area contributed by atoms with Gasteiger partial charge in [0.25, 0.3) is 0 Å². The standard InChI is InChI=1S/C8H14N2S/c1-11-8(3-2-4-8)7-10-6-5-9/h10H,2-4,6-7H2,1H3. The smallest absolute Gasteiger partial charge is 0.0841 e. The van der Waals surface area contributed by atoms with E-state index in [0.29, 0.717) is 11.3 Å². The Hall–Kier alpha value is -0.200. The molecule has 3 heteroatoms. The summed E-state index contributed by atoms with van der Waals surface area (Å²) in [4.78, 5) is 0. The highest BCUT2D eigenvalue weighted by atomic mass is 32.2. The predicted octanol–water partition coefficient (Wildman–Crippen LogP) is 1.39. The maximum atomic E-state index is 8.31. The number of nitrogens with one attached hydrogen (secondary N) is 1. The van der Waals surface area contributed by atoms with Gasteiger partial charge in [0.2, 0.25) is 0 Å². The van der Waals surface area contributed by atoms with Gasteiger partial charge >= 0.3 is 0 Å². The predicted molar refractivity (Wildman–Crippen MR) is 48.6 cm³/mol. The molecule has 0 aromatic rings.